The van der Waals surface area contributed by atoms with Crippen molar-refractivity contribution in [1.29, 1.82) is 0 Å². The molecule has 2 N–H and O–H groups in total. The molecule has 0 aromatic heterocycles. The summed E-state index contributed by atoms with van der Waals surface area (Å²) in [7, 11) is 1.26. The Morgan fingerprint density at radius 2 is 2.21 bits per heavy atom. The lowest BCUT2D eigenvalue weighted by Gasteiger charge is -2.05. The van der Waals surface area contributed by atoms with Crippen molar-refractivity contribution < 1.29 is 18.7 Å². The van der Waals surface area contributed by atoms with Gasteiger partial charge in [-0.2, -0.15) is 0 Å². The number of benzene rings is 1. The minimum atomic E-state index is -0.853. The molecule has 0 aliphatic heterocycles. The number of amides is 1. The minimum Gasteiger partial charge on any atom is -0.494 e. The van der Waals surface area contributed by atoms with Gasteiger partial charge in [-0.1, -0.05) is 0 Å². The highest BCUT2D eigenvalue weighted by atomic mass is 19.1. The normalized spacial score (nSPS) is 9.57. The van der Waals surface area contributed by atoms with E-state index in [1.54, 1.807) is 0 Å². The summed E-state index contributed by atoms with van der Waals surface area (Å²) in [6.45, 7) is 0. The summed E-state index contributed by atoms with van der Waals surface area (Å²) in [5, 5.41) is 0. The van der Waals surface area contributed by atoms with Gasteiger partial charge in [-0.15, -0.1) is 0 Å². The van der Waals surface area contributed by atoms with E-state index in [1.165, 1.54) is 7.11 Å². The van der Waals surface area contributed by atoms with Crippen molar-refractivity contribution in [2.45, 2.75) is 0 Å². The number of primary amides is 1. The Morgan fingerprint density at radius 1 is 1.57 bits per heavy atom. The summed E-state index contributed by atoms with van der Waals surface area (Å²) in [6, 6.07) is 2.01. The summed E-state index contributed by atoms with van der Waals surface area (Å²) < 4.78 is 17.7. The molecule has 0 unspecified atom stereocenters. The van der Waals surface area contributed by atoms with Gasteiger partial charge in [0.05, 0.1) is 12.7 Å². The van der Waals surface area contributed by atoms with Gasteiger partial charge in [0.2, 0.25) is 5.91 Å². The first kappa shape index (κ1) is 10.2. The Morgan fingerprint density at radius 3 is 2.64 bits per heavy atom. The standard InChI is InChI=1S/C9H8FNO3/c1-14-8-2-5(4-12)6(9(11)13)3-7(8)10/h2-4H,1H3,(H2,11,13). The number of aldehydes is 1. The molecule has 0 fully saturated rings. The number of carbonyl (C=O) groups excluding carboxylic acids is 2. The van der Waals surface area contributed by atoms with Crippen LogP contribution in [0.25, 0.3) is 0 Å². The predicted molar refractivity (Wildman–Crippen MR) is 46.9 cm³/mol. The van der Waals surface area contributed by atoms with Crippen molar-refractivity contribution in [3.8, 4) is 5.75 Å². The third-order valence-electron chi connectivity index (χ3n) is 1.72. The van der Waals surface area contributed by atoms with Gasteiger partial charge in [-0.3, -0.25) is 9.59 Å². The summed E-state index contributed by atoms with van der Waals surface area (Å²) >= 11 is 0. The molecule has 0 saturated heterocycles. The van der Waals surface area contributed by atoms with Crippen LogP contribution in [0.4, 0.5) is 4.39 Å². The molecule has 0 saturated carbocycles. The van der Waals surface area contributed by atoms with E-state index in [0.717, 1.165) is 12.1 Å². The zero-order chi connectivity index (χ0) is 10.7. The highest BCUT2D eigenvalue weighted by Crippen LogP contribution is 2.20. The first-order valence-corrected chi connectivity index (χ1v) is 3.72. The van der Waals surface area contributed by atoms with E-state index in [0.29, 0.717) is 6.29 Å². The monoisotopic (exact) mass is 197 g/mol. The Hall–Kier alpha value is -1.91. The second-order valence-corrected chi connectivity index (χ2v) is 2.56. The van der Waals surface area contributed by atoms with E-state index < -0.39 is 11.7 Å². The van der Waals surface area contributed by atoms with Gasteiger partial charge >= 0.3 is 0 Å². The molecule has 1 rings (SSSR count). The molecule has 14 heavy (non-hydrogen) atoms. The summed E-state index contributed by atoms with van der Waals surface area (Å²) in [4.78, 5) is 21.3. The zero-order valence-corrected chi connectivity index (χ0v) is 7.41. The second-order valence-electron chi connectivity index (χ2n) is 2.56. The smallest absolute Gasteiger partial charge is 0.249 e. The van der Waals surface area contributed by atoms with Crippen LogP contribution in [0, 0.1) is 5.82 Å². The molecule has 0 radical (unpaired) electrons. The Bertz CT molecular complexity index is 390. The fourth-order valence-electron chi connectivity index (χ4n) is 1.04. The molecule has 1 aromatic rings. The topological polar surface area (TPSA) is 69.4 Å². The van der Waals surface area contributed by atoms with Crippen LogP contribution in [-0.4, -0.2) is 19.3 Å². The second kappa shape index (κ2) is 3.87. The van der Waals surface area contributed by atoms with Crippen LogP contribution in [0.15, 0.2) is 12.1 Å². The molecule has 5 heteroatoms. The van der Waals surface area contributed by atoms with E-state index in [1.807, 2.05) is 0 Å². The lowest BCUT2D eigenvalue weighted by molar-refractivity contribution is 0.0992. The summed E-state index contributed by atoms with van der Waals surface area (Å²) in [6.07, 6.45) is 0.419. The number of hydrogen-bond donors (Lipinski definition) is 1. The van der Waals surface area contributed by atoms with Crippen molar-refractivity contribution in [2.24, 2.45) is 5.73 Å². The van der Waals surface area contributed by atoms with E-state index in [4.69, 9.17) is 5.73 Å². The molecule has 0 bridgehead atoms. The van der Waals surface area contributed by atoms with Gasteiger partial charge in [-0.25, -0.2) is 4.39 Å². The van der Waals surface area contributed by atoms with E-state index in [-0.39, 0.29) is 16.9 Å². The first-order valence-electron chi connectivity index (χ1n) is 3.72. The van der Waals surface area contributed by atoms with Crippen LogP contribution in [0.1, 0.15) is 20.7 Å². The third-order valence-corrected chi connectivity index (χ3v) is 1.72. The van der Waals surface area contributed by atoms with E-state index in [9.17, 15) is 14.0 Å². The molecule has 0 aliphatic carbocycles. The number of carbonyl (C=O) groups is 2. The molecular weight excluding hydrogens is 189 g/mol. The maximum Gasteiger partial charge on any atom is 0.249 e. The zero-order valence-electron chi connectivity index (χ0n) is 7.41. The van der Waals surface area contributed by atoms with Crippen molar-refractivity contribution in [2.75, 3.05) is 7.11 Å². The van der Waals surface area contributed by atoms with Gasteiger partial charge < -0.3 is 10.5 Å². The highest BCUT2D eigenvalue weighted by Gasteiger charge is 2.13. The summed E-state index contributed by atoms with van der Waals surface area (Å²) in [5.41, 5.74) is 4.80. The average Bonchev–Trinajstić information content (AvgIpc) is 2.17. The lowest BCUT2D eigenvalue weighted by Crippen LogP contribution is -2.14. The van der Waals surface area contributed by atoms with Crippen LogP contribution >= 0.6 is 0 Å². The fraction of sp³-hybridized carbons (Fsp3) is 0.111. The maximum atomic E-state index is 13.1. The summed E-state index contributed by atoms with van der Waals surface area (Å²) in [5.74, 6) is -1.68. The maximum absolute atomic E-state index is 13.1. The molecule has 4 nitrogen and oxygen atoms in total. The van der Waals surface area contributed by atoms with Crippen LogP contribution in [0.5, 0.6) is 5.75 Å². The van der Waals surface area contributed by atoms with Crippen LogP contribution in [0.2, 0.25) is 0 Å². The van der Waals surface area contributed by atoms with Crippen molar-refractivity contribution in [1.82, 2.24) is 0 Å². The molecule has 0 aliphatic rings. The van der Waals surface area contributed by atoms with E-state index in [2.05, 4.69) is 4.74 Å². The number of methoxy groups -OCH3 is 1. The molecule has 0 spiro atoms. The van der Waals surface area contributed by atoms with Gasteiger partial charge in [0.1, 0.15) is 0 Å². The molecular formula is C9H8FNO3. The number of nitrogens with two attached hydrogens (primary N) is 1. The number of ether oxygens (including phenoxy) is 1. The van der Waals surface area contributed by atoms with E-state index >= 15 is 0 Å². The van der Waals surface area contributed by atoms with Crippen molar-refractivity contribution in [3.05, 3.63) is 29.1 Å². The minimum absolute atomic E-state index is 0.00995. The molecule has 1 amide bonds. The fourth-order valence-corrected chi connectivity index (χ4v) is 1.04. The quantitative estimate of drug-likeness (QED) is 0.726. The molecule has 1 aromatic carbocycles. The lowest BCUT2D eigenvalue weighted by atomic mass is 10.1. The molecule has 0 atom stereocenters. The van der Waals surface area contributed by atoms with Crippen LogP contribution in [0.3, 0.4) is 0 Å². The number of hydrogen-bond acceptors (Lipinski definition) is 3. The Kier molecular flexibility index (Phi) is 2.81. The number of rotatable bonds is 3. The third kappa shape index (κ3) is 1.71. The van der Waals surface area contributed by atoms with Gasteiger partial charge in [0, 0.05) is 5.56 Å². The Labute approximate surface area is 79.5 Å². The van der Waals surface area contributed by atoms with Crippen molar-refractivity contribution in [3.63, 3.8) is 0 Å². The largest absolute Gasteiger partial charge is 0.494 e. The Balaban J connectivity index is 3.38. The van der Waals surface area contributed by atoms with Crippen molar-refractivity contribution >= 4 is 12.2 Å². The van der Waals surface area contributed by atoms with Gasteiger partial charge in [0.25, 0.3) is 0 Å². The average molecular weight is 197 g/mol. The van der Waals surface area contributed by atoms with Gasteiger partial charge in [-0.05, 0) is 12.1 Å². The first-order chi connectivity index (χ1) is 6.60. The number of halogens is 1. The van der Waals surface area contributed by atoms with Crippen LogP contribution in [-0.2, 0) is 0 Å². The molecule has 74 valence electrons. The predicted octanol–water partition coefficient (Wildman–Crippen LogP) is 0.746. The van der Waals surface area contributed by atoms with Crippen LogP contribution < -0.4 is 10.5 Å². The SMILES string of the molecule is COc1cc(C=O)c(C(N)=O)cc1F. The highest BCUT2D eigenvalue weighted by molar-refractivity contribution is 6.00. The van der Waals surface area contributed by atoms with Gasteiger partial charge in [0.15, 0.2) is 17.9 Å². The molecule has 0 heterocycles.